The van der Waals surface area contributed by atoms with Crippen LogP contribution in [0.1, 0.15) is 43.7 Å². The number of halogens is 2. The first-order chi connectivity index (χ1) is 11.7. The van der Waals surface area contributed by atoms with Gasteiger partial charge in [0.05, 0.1) is 36.2 Å². The summed E-state index contributed by atoms with van der Waals surface area (Å²) in [6.07, 6.45) is 3.76. The molecule has 0 saturated carbocycles. The fraction of sp³-hybridized carbons (Fsp3) is 0.562. The van der Waals surface area contributed by atoms with Gasteiger partial charge in [-0.05, 0) is 37.8 Å². The molecule has 2 saturated heterocycles. The summed E-state index contributed by atoms with van der Waals surface area (Å²) >= 11 is 0. The lowest BCUT2D eigenvalue weighted by atomic mass is 10.1. The molecular formula is C16H17F2N3O3. The standard InChI is InChI=1S/C16H17F2N3O3/c17-14(18)16-21-20-15(24-16)9-1-2-10(19-7-9)8-22-13-5-11-3-4-12(6-13)23-11/h1-2,7,11-14H,3-6,8H2/t11-,12+,13?. The van der Waals surface area contributed by atoms with Gasteiger partial charge in [0.2, 0.25) is 5.89 Å². The third-order valence-corrected chi connectivity index (χ3v) is 4.41. The number of hydrogen-bond donors (Lipinski definition) is 0. The van der Waals surface area contributed by atoms with Crippen molar-refractivity contribution in [2.75, 3.05) is 0 Å². The van der Waals surface area contributed by atoms with Gasteiger partial charge >= 0.3 is 6.43 Å². The Balaban J connectivity index is 1.35. The molecule has 0 aliphatic carbocycles. The second-order valence-electron chi connectivity index (χ2n) is 6.15. The Bertz CT molecular complexity index is 680. The van der Waals surface area contributed by atoms with Crippen LogP contribution in [0.25, 0.3) is 11.5 Å². The molecule has 2 aliphatic rings. The van der Waals surface area contributed by atoms with Crippen LogP contribution in [0.5, 0.6) is 0 Å². The first-order valence-electron chi connectivity index (χ1n) is 8.01. The Morgan fingerprint density at radius 1 is 1.17 bits per heavy atom. The van der Waals surface area contributed by atoms with Crippen LogP contribution in [0.3, 0.4) is 0 Å². The second-order valence-corrected chi connectivity index (χ2v) is 6.15. The van der Waals surface area contributed by atoms with E-state index in [0.717, 1.165) is 31.4 Å². The number of aromatic nitrogens is 3. The summed E-state index contributed by atoms with van der Waals surface area (Å²) in [5, 5.41) is 6.90. The third kappa shape index (κ3) is 3.29. The lowest BCUT2D eigenvalue weighted by molar-refractivity contribution is -0.0853. The summed E-state index contributed by atoms with van der Waals surface area (Å²) < 4.78 is 41.5. The predicted octanol–water partition coefficient (Wildman–Crippen LogP) is 3.30. The van der Waals surface area contributed by atoms with Crippen molar-refractivity contribution in [1.82, 2.24) is 15.2 Å². The van der Waals surface area contributed by atoms with E-state index in [9.17, 15) is 8.78 Å². The number of hydrogen-bond acceptors (Lipinski definition) is 6. The highest BCUT2D eigenvalue weighted by Crippen LogP contribution is 2.34. The molecule has 0 N–H and O–H groups in total. The molecular weight excluding hydrogens is 320 g/mol. The van der Waals surface area contributed by atoms with Crippen molar-refractivity contribution in [1.29, 1.82) is 0 Å². The number of pyridine rings is 1. The molecule has 2 aromatic rings. The van der Waals surface area contributed by atoms with E-state index in [4.69, 9.17) is 13.9 Å². The molecule has 2 bridgehead atoms. The first-order valence-corrected chi connectivity index (χ1v) is 8.01. The van der Waals surface area contributed by atoms with Crippen LogP contribution in [0.15, 0.2) is 22.7 Å². The largest absolute Gasteiger partial charge is 0.415 e. The molecule has 2 fully saturated rings. The summed E-state index contributed by atoms with van der Waals surface area (Å²) in [4.78, 5) is 4.28. The highest BCUT2D eigenvalue weighted by Gasteiger charge is 2.35. The van der Waals surface area contributed by atoms with Crippen molar-refractivity contribution < 1.29 is 22.7 Å². The van der Waals surface area contributed by atoms with E-state index in [1.54, 1.807) is 12.1 Å². The monoisotopic (exact) mass is 337 g/mol. The number of fused-ring (bicyclic) bond motifs is 2. The van der Waals surface area contributed by atoms with Crippen LogP contribution in [-0.2, 0) is 16.1 Å². The van der Waals surface area contributed by atoms with Gasteiger partial charge < -0.3 is 13.9 Å². The molecule has 6 nitrogen and oxygen atoms in total. The number of nitrogens with zero attached hydrogens (tertiary/aromatic N) is 3. The number of alkyl halides is 2. The quantitative estimate of drug-likeness (QED) is 0.834. The molecule has 128 valence electrons. The molecule has 0 radical (unpaired) electrons. The van der Waals surface area contributed by atoms with Crippen LogP contribution in [0.2, 0.25) is 0 Å². The number of rotatable bonds is 5. The van der Waals surface area contributed by atoms with E-state index >= 15 is 0 Å². The zero-order chi connectivity index (χ0) is 16.5. The van der Waals surface area contributed by atoms with Gasteiger partial charge in [-0.3, -0.25) is 4.98 Å². The van der Waals surface area contributed by atoms with Crippen LogP contribution in [0.4, 0.5) is 8.78 Å². The van der Waals surface area contributed by atoms with E-state index in [1.807, 2.05) is 0 Å². The van der Waals surface area contributed by atoms with Gasteiger partial charge in [0.1, 0.15) is 0 Å². The minimum Gasteiger partial charge on any atom is -0.415 e. The molecule has 4 rings (SSSR count). The van der Waals surface area contributed by atoms with E-state index in [1.165, 1.54) is 6.20 Å². The molecule has 0 spiro atoms. The Morgan fingerprint density at radius 2 is 1.96 bits per heavy atom. The third-order valence-electron chi connectivity index (χ3n) is 4.41. The van der Waals surface area contributed by atoms with Gasteiger partial charge in [-0.15, -0.1) is 10.2 Å². The van der Waals surface area contributed by atoms with E-state index in [2.05, 4.69) is 15.2 Å². The van der Waals surface area contributed by atoms with Crippen LogP contribution in [-0.4, -0.2) is 33.5 Å². The SMILES string of the molecule is FC(F)c1nnc(-c2ccc(COC3C[C@H]4CC[C@@H](C3)O4)nc2)o1. The maximum atomic E-state index is 12.5. The molecule has 1 unspecified atom stereocenters. The van der Waals surface area contributed by atoms with Crippen LogP contribution >= 0.6 is 0 Å². The topological polar surface area (TPSA) is 70.3 Å². The maximum Gasteiger partial charge on any atom is 0.314 e. The molecule has 24 heavy (non-hydrogen) atoms. The molecule has 0 amide bonds. The smallest absolute Gasteiger partial charge is 0.314 e. The molecule has 2 aliphatic heterocycles. The van der Waals surface area contributed by atoms with Crippen LogP contribution in [0, 0.1) is 0 Å². The normalized spacial score (nSPS) is 26.2. The molecule has 8 heteroatoms. The fourth-order valence-electron chi connectivity index (χ4n) is 3.22. The Morgan fingerprint density at radius 3 is 2.58 bits per heavy atom. The van der Waals surface area contributed by atoms with Crippen LogP contribution < -0.4 is 0 Å². The second kappa shape index (κ2) is 6.52. The van der Waals surface area contributed by atoms with Gasteiger partial charge in [-0.2, -0.15) is 8.78 Å². The summed E-state index contributed by atoms with van der Waals surface area (Å²) in [6, 6.07) is 3.48. The van der Waals surface area contributed by atoms with Crippen molar-refractivity contribution in [2.45, 2.75) is 57.0 Å². The van der Waals surface area contributed by atoms with Crippen molar-refractivity contribution in [3.8, 4) is 11.5 Å². The average Bonchev–Trinajstić information content (AvgIpc) is 3.20. The summed E-state index contributed by atoms with van der Waals surface area (Å²) in [5.41, 5.74) is 1.27. The summed E-state index contributed by atoms with van der Waals surface area (Å²) in [7, 11) is 0. The van der Waals surface area contributed by atoms with Gasteiger partial charge in [0.15, 0.2) is 0 Å². The van der Waals surface area contributed by atoms with E-state index in [0.29, 0.717) is 24.4 Å². The molecule has 2 aromatic heterocycles. The van der Waals surface area contributed by atoms with Crippen molar-refractivity contribution >= 4 is 0 Å². The molecule has 0 aromatic carbocycles. The van der Waals surface area contributed by atoms with E-state index < -0.39 is 12.3 Å². The lowest BCUT2D eigenvalue weighted by Crippen LogP contribution is -2.30. The van der Waals surface area contributed by atoms with Crippen molar-refractivity contribution in [2.24, 2.45) is 0 Å². The number of ether oxygens (including phenoxy) is 2. The molecule has 3 atom stereocenters. The summed E-state index contributed by atoms with van der Waals surface area (Å²) in [6.45, 7) is 0.413. The minimum atomic E-state index is -2.78. The zero-order valence-corrected chi connectivity index (χ0v) is 12.9. The first kappa shape index (κ1) is 15.6. The summed E-state index contributed by atoms with van der Waals surface area (Å²) in [5.74, 6) is -0.655. The Labute approximate surface area is 137 Å². The Hall–Kier alpha value is -1.93. The minimum absolute atomic E-state index is 0.0336. The van der Waals surface area contributed by atoms with Gasteiger partial charge in [-0.25, -0.2) is 0 Å². The fourth-order valence-corrected chi connectivity index (χ4v) is 3.22. The maximum absolute atomic E-state index is 12.5. The highest BCUT2D eigenvalue weighted by atomic mass is 19.3. The lowest BCUT2D eigenvalue weighted by Gasteiger charge is -2.28. The van der Waals surface area contributed by atoms with Crippen molar-refractivity contribution in [3.05, 3.63) is 29.9 Å². The van der Waals surface area contributed by atoms with Crippen molar-refractivity contribution in [3.63, 3.8) is 0 Å². The van der Waals surface area contributed by atoms with Gasteiger partial charge in [-0.1, -0.05) is 0 Å². The van der Waals surface area contributed by atoms with Gasteiger partial charge in [0.25, 0.3) is 5.89 Å². The Kier molecular flexibility index (Phi) is 4.24. The van der Waals surface area contributed by atoms with E-state index in [-0.39, 0.29) is 12.0 Å². The van der Waals surface area contributed by atoms with Gasteiger partial charge in [0, 0.05) is 6.20 Å². The highest BCUT2D eigenvalue weighted by molar-refractivity contribution is 5.50. The average molecular weight is 337 g/mol. The molecule has 4 heterocycles. The predicted molar refractivity (Wildman–Crippen MR) is 78.2 cm³/mol. The zero-order valence-electron chi connectivity index (χ0n) is 12.9.